The molecule has 7 heteroatoms. The maximum Gasteiger partial charge on any atom is 0.267 e. The summed E-state index contributed by atoms with van der Waals surface area (Å²) in [5, 5.41) is 8.53. The number of aromatic nitrogens is 4. The Hall–Kier alpha value is -3.45. The van der Waals surface area contributed by atoms with Crippen LogP contribution in [0.4, 0.5) is 5.82 Å². The molecule has 0 fully saturated rings. The summed E-state index contributed by atoms with van der Waals surface area (Å²) in [5.41, 5.74) is 4.52. The van der Waals surface area contributed by atoms with Crippen molar-refractivity contribution in [2.45, 2.75) is 13.8 Å². The lowest BCUT2D eigenvalue weighted by Gasteiger charge is -2.07. The first-order valence-corrected chi connectivity index (χ1v) is 10.1. The van der Waals surface area contributed by atoms with Crippen LogP contribution in [0.1, 0.15) is 20.9 Å². The number of benzene rings is 1. The van der Waals surface area contributed by atoms with Gasteiger partial charge in [-0.15, -0.1) is 11.3 Å². The summed E-state index contributed by atoms with van der Waals surface area (Å²) in [7, 11) is 1.90. The Bertz CT molecular complexity index is 1340. The Morgan fingerprint density at radius 3 is 2.66 bits per heavy atom. The SMILES string of the molecule is Cc1nn(C)c2sc(C(=O)Nc3c(-c4ccccc4)nc4c(C)cccn34)cc12. The van der Waals surface area contributed by atoms with Gasteiger partial charge in [0.25, 0.3) is 5.91 Å². The van der Waals surface area contributed by atoms with Gasteiger partial charge in [0.05, 0.1) is 10.6 Å². The molecule has 0 aliphatic rings. The van der Waals surface area contributed by atoms with Gasteiger partial charge in [-0.3, -0.25) is 13.9 Å². The summed E-state index contributed by atoms with van der Waals surface area (Å²) < 4.78 is 3.76. The average Bonchev–Trinajstić information content (AvgIpc) is 3.38. The average molecular weight is 401 g/mol. The molecule has 4 heterocycles. The topological polar surface area (TPSA) is 64.2 Å². The number of hydrogen-bond donors (Lipinski definition) is 1. The van der Waals surface area contributed by atoms with Gasteiger partial charge >= 0.3 is 0 Å². The second-order valence-corrected chi connectivity index (χ2v) is 8.08. The fraction of sp³-hybridized carbons (Fsp3) is 0.136. The highest BCUT2D eigenvalue weighted by Gasteiger charge is 2.20. The van der Waals surface area contributed by atoms with Crippen molar-refractivity contribution in [3.05, 3.63) is 70.9 Å². The van der Waals surface area contributed by atoms with Crippen LogP contribution in [0.25, 0.3) is 27.1 Å². The molecule has 5 rings (SSSR count). The normalized spacial score (nSPS) is 11.4. The lowest BCUT2D eigenvalue weighted by Crippen LogP contribution is -2.12. The molecule has 0 saturated carbocycles. The number of carbonyl (C=O) groups excluding carboxylic acids is 1. The molecule has 0 bridgehead atoms. The number of aryl methyl sites for hydroxylation is 3. The van der Waals surface area contributed by atoms with E-state index in [9.17, 15) is 4.79 Å². The Morgan fingerprint density at radius 2 is 1.90 bits per heavy atom. The number of rotatable bonds is 3. The third-order valence-corrected chi connectivity index (χ3v) is 6.24. The molecular weight excluding hydrogens is 382 g/mol. The molecule has 0 atom stereocenters. The van der Waals surface area contributed by atoms with Gasteiger partial charge in [0, 0.05) is 24.2 Å². The van der Waals surface area contributed by atoms with E-state index in [0.29, 0.717) is 10.7 Å². The molecule has 0 unspecified atom stereocenters. The van der Waals surface area contributed by atoms with Crippen molar-refractivity contribution in [1.29, 1.82) is 0 Å². The van der Waals surface area contributed by atoms with E-state index in [1.807, 2.05) is 84.7 Å². The molecule has 1 aromatic carbocycles. The van der Waals surface area contributed by atoms with Gasteiger partial charge in [-0.05, 0) is 31.5 Å². The van der Waals surface area contributed by atoms with Gasteiger partial charge in [-0.1, -0.05) is 36.4 Å². The zero-order valence-corrected chi connectivity index (χ0v) is 17.1. The summed E-state index contributed by atoms with van der Waals surface area (Å²) in [6, 6.07) is 15.8. The number of thiophene rings is 1. The number of carbonyl (C=O) groups is 1. The summed E-state index contributed by atoms with van der Waals surface area (Å²) >= 11 is 1.44. The lowest BCUT2D eigenvalue weighted by molar-refractivity contribution is 0.103. The van der Waals surface area contributed by atoms with Gasteiger partial charge in [-0.25, -0.2) is 4.98 Å². The number of pyridine rings is 1. The van der Waals surface area contributed by atoms with Crippen LogP contribution in [0.2, 0.25) is 0 Å². The van der Waals surface area contributed by atoms with Crippen molar-refractivity contribution in [2.75, 3.05) is 5.32 Å². The van der Waals surface area contributed by atoms with Crippen molar-refractivity contribution in [2.24, 2.45) is 7.05 Å². The minimum Gasteiger partial charge on any atom is -0.305 e. The first kappa shape index (κ1) is 17.6. The number of nitrogens with zero attached hydrogens (tertiary/aromatic N) is 4. The third kappa shape index (κ3) is 2.82. The van der Waals surface area contributed by atoms with Gasteiger partial charge in [0.1, 0.15) is 22.0 Å². The molecule has 0 radical (unpaired) electrons. The Labute approximate surface area is 171 Å². The van der Waals surface area contributed by atoms with Crippen molar-refractivity contribution in [3.8, 4) is 11.3 Å². The van der Waals surface area contributed by atoms with Crippen LogP contribution in [-0.2, 0) is 7.05 Å². The second-order valence-electron chi connectivity index (χ2n) is 7.05. The largest absolute Gasteiger partial charge is 0.305 e. The fourth-order valence-electron chi connectivity index (χ4n) is 3.61. The van der Waals surface area contributed by atoms with E-state index >= 15 is 0 Å². The molecule has 6 nitrogen and oxygen atoms in total. The third-order valence-electron chi connectivity index (χ3n) is 5.04. The van der Waals surface area contributed by atoms with E-state index in [0.717, 1.165) is 38.4 Å². The molecule has 144 valence electrons. The molecular formula is C22H19N5OS. The molecule has 0 spiro atoms. The van der Waals surface area contributed by atoms with Crippen LogP contribution in [0.15, 0.2) is 54.7 Å². The highest BCUT2D eigenvalue weighted by atomic mass is 32.1. The first-order chi connectivity index (χ1) is 14.0. The predicted molar refractivity (Wildman–Crippen MR) is 117 cm³/mol. The van der Waals surface area contributed by atoms with Gasteiger partial charge < -0.3 is 5.32 Å². The standard InChI is InChI=1S/C22H19N5OS/c1-13-8-7-11-27-19(13)23-18(15-9-5-4-6-10-15)20(27)24-21(28)17-12-16-14(2)25-26(3)22(16)29-17/h4-12H,1-3H3,(H,24,28). The lowest BCUT2D eigenvalue weighted by atomic mass is 10.1. The van der Waals surface area contributed by atoms with E-state index in [4.69, 9.17) is 4.98 Å². The van der Waals surface area contributed by atoms with Crippen LogP contribution in [0.5, 0.6) is 0 Å². The summed E-state index contributed by atoms with van der Waals surface area (Å²) in [6.45, 7) is 3.97. The molecule has 0 saturated heterocycles. The monoisotopic (exact) mass is 401 g/mol. The Morgan fingerprint density at radius 1 is 1.10 bits per heavy atom. The number of amides is 1. The molecule has 5 aromatic rings. The minimum absolute atomic E-state index is 0.147. The first-order valence-electron chi connectivity index (χ1n) is 9.30. The summed E-state index contributed by atoms with van der Waals surface area (Å²) in [5.74, 6) is 0.526. The number of nitrogens with one attached hydrogen (secondary N) is 1. The van der Waals surface area contributed by atoms with Crippen LogP contribution in [0.3, 0.4) is 0 Å². The van der Waals surface area contributed by atoms with Crippen LogP contribution in [-0.4, -0.2) is 25.1 Å². The number of hydrogen-bond acceptors (Lipinski definition) is 4. The van der Waals surface area contributed by atoms with E-state index in [2.05, 4.69) is 10.4 Å². The van der Waals surface area contributed by atoms with Crippen molar-refractivity contribution in [3.63, 3.8) is 0 Å². The van der Waals surface area contributed by atoms with E-state index in [1.165, 1.54) is 11.3 Å². The molecule has 29 heavy (non-hydrogen) atoms. The maximum absolute atomic E-state index is 13.1. The van der Waals surface area contributed by atoms with E-state index in [1.54, 1.807) is 0 Å². The highest BCUT2D eigenvalue weighted by molar-refractivity contribution is 7.20. The van der Waals surface area contributed by atoms with Gasteiger partial charge in [0.15, 0.2) is 0 Å². The number of anilines is 1. The maximum atomic E-state index is 13.1. The van der Waals surface area contributed by atoms with E-state index < -0.39 is 0 Å². The molecule has 1 N–H and O–H groups in total. The Kier molecular flexibility index (Phi) is 3.99. The number of fused-ring (bicyclic) bond motifs is 2. The quantitative estimate of drug-likeness (QED) is 0.471. The zero-order chi connectivity index (χ0) is 20.1. The van der Waals surface area contributed by atoms with Crippen LogP contribution >= 0.6 is 11.3 Å². The Balaban J connectivity index is 1.62. The molecule has 0 aliphatic carbocycles. The fourth-order valence-corrected chi connectivity index (χ4v) is 4.63. The number of imidazole rings is 1. The van der Waals surface area contributed by atoms with Crippen LogP contribution in [0, 0.1) is 13.8 Å². The van der Waals surface area contributed by atoms with Crippen LogP contribution < -0.4 is 5.32 Å². The summed E-state index contributed by atoms with van der Waals surface area (Å²) in [6.07, 6.45) is 1.93. The smallest absolute Gasteiger partial charge is 0.267 e. The van der Waals surface area contributed by atoms with Crippen molar-refractivity contribution >= 4 is 38.9 Å². The van der Waals surface area contributed by atoms with Crippen molar-refractivity contribution in [1.82, 2.24) is 19.2 Å². The minimum atomic E-state index is -0.147. The molecule has 1 amide bonds. The van der Waals surface area contributed by atoms with Crippen molar-refractivity contribution < 1.29 is 4.79 Å². The van der Waals surface area contributed by atoms with E-state index in [-0.39, 0.29) is 5.91 Å². The van der Waals surface area contributed by atoms with Gasteiger partial charge in [0.2, 0.25) is 0 Å². The summed E-state index contributed by atoms with van der Waals surface area (Å²) in [4.78, 5) is 19.6. The molecule has 0 aliphatic heterocycles. The second kappa shape index (κ2) is 6.56. The molecule has 4 aromatic heterocycles. The zero-order valence-electron chi connectivity index (χ0n) is 16.3. The predicted octanol–water partition coefficient (Wildman–Crippen LogP) is 4.82. The van der Waals surface area contributed by atoms with Gasteiger partial charge in [-0.2, -0.15) is 5.10 Å². The highest BCUT2D eigenvalue weighted by Crippen LogP contribution is 2.32.